The Balaban J connectivity index is 2.16. The van der Waals surface area contributed by atoms with Crippen molar-refractivity contribution in [1.82, 2.24) is 5.32 Å². The number of carbonyl (C=O) groups is 1. The summed E-state index contributed by atoms with van der Waals surface area (Å²) in [6.45, 7) is 5.44. The van der Waals surface area contributed by atoms with E-state index >= 15 is 0 Å². The van der Waals surface area contributed by atoms with E-state index in [9.17, 15) is 4.79 Å². The van der Waals surface area contributed by atoms with Gasteiger partial charge in [0.1, 0.15) is 0 Å². The highest BCUT2D eigenvalue weighted by Crippen LogP contribution is 1.99. The lowest BCUT2D eigenvalue weighted by Crippen LogP contribution is -2.19. The van der Waals surface area contributed by atoms with Crippen molar-refractivity contribution in [2.45, 2.75) is 13.0 Å². The number of methoxy groups -OCH3 is 1. The van der Waals surface area contributed by atoms with E-state index in [2.05, 4.69) is 24.0 Å². The molecule has 0 saturated carbocycles. The Bertz CT molecular complexity index is 360. The summed E-state index contributed by atoms with van der Waals surface area (Å²) in [4.78, 5) is 11.5. The van der Waals surface area contributed by atoms with Gasteiger partial charge in [-0.05, 0) is 5.56 Å². The molecule has 1 aromatic carbocycles. The van der Waals surface area contributed by atoms with E-state index in [1.54, 1.807) is 7.11 Å². The Hall–Kier alpha value is -1.45. The van der Waals surface area contributed by atoms with E-state index in [1.807, 2.05) is 18.2 Å². The third-order valence-corrected chi connectivity index (χ3v) is 2.41. The molecule has 0 saturated heterocycles. The van der Waals surface area contributed by atoms with Crippen molar-refractivity contribution in [3.05, 3.63) is 48.0 Å². The van der Waals surface area contributed by atoms with E-state index in [0.29, 0.717) is 25.1 Å². The highest BCUT2D eigenvalue weighted by atomic mass is 16.5. The number of hydrogen-bond donors (Lipinski definition) is 1. The van der Waals surface area contributed by atoms with Crippen molar-refractivity contribution < 1.29 is 9.53 Å². The molecule has 0 atom stereocenters. The third kappa shape index (κ3) is 5.43. The molecule has 3 nitrogen and oxygen atoms in total. The molecule has 92 valence electrons. The first-order valence-corrected chi connectivity index (χ1v) is 5.68. The standard InChI is InChI=1S/C14H19NO2/c1-12(11-17-2)14(16)8-9-15-10-13-6-4-3-5-7-13/h3-7,15H,1,8-11H2,2H3. The fourth-order valence-corrected chi connectivity index (χ4v) is 1.46. The highest BCUT2D eigenvalue weighted by Gasteiger charge is 2.05. The van der Waals surface area contributed by atoms with E-state index in [4.69, 9.17) is 4.74 Å². The van der Waals surface area contributed by atoms with Gasteiger partial charge >= 0.3 is 0 Å². The van der Waals surface area contributed by atoms with Gasteiger partial charge < -0.3 is 10.1 Å². The molecule has 1 N–H and O–H groups in total. The molecule has 0 bridgehead atoms. The average Bonchev–Trinajstić information content (AvgIpc) is 2.36. The molecule has 0 radical (unpaired) electrons. The SMILES string of the molecule is C=C(COC)C(=O)CCNCc1ccccc1. The van der Waals surface area contributed by atoms with Crippen LogP contribution in [-0.2, 0) is 16.1 Å². The van der Waals surface area contributed by atoms with Gasteiger partial charge in [0.2, 0.25) is 0 Å². The second-order valence-electron chi connectivity index (χ2n) is 3.87. The number of ether oxygens (including phenoxy) is 1. The van der Waals surface area contributed by atoms with E-state index in [0.717, 1.165) is 6.54 Å². The molecule has 0 spiro atoms. The molecule has 0 amide bonds. The maximum Gasteiger partial charge on any atom is 0.161 e. The van der Waals surface area contributed by atoms with Gasteiger partial charge in [-0.1, -0.05) is 36.9 Å². The molecule has 1 rings (SSSR count). The van der Waals surface area contributed by atoms with Gasteiger partial charge in [0.05, 0.1) is 6.61 Å². The topological polar surface area (TPSA) is 38.3 Å². The highest BCUT2D eigenvalue weighted by molar-refractivity contribution is 5.95. The van der Waals surface area contributed by atoms with Gasteiger partial charge in [-0.3, -0.25) is 4.79 Å². The van der Waals surface area contributed by atoms with Gasteiger partial charge in [0.25, 0.3) is 0 Å². The van der Waals surface area contributed by atoms with Crippen LogP contribution in [0, 0.1) is 0 Å². The Morgan fingerprint density at radius 1 is 1.35 bits per heavy atom. The van der Waals surface area contributed by atoms with Crippen molar-refractivity contribution in [1.29, 1.82) is 0 Å². The van der Waals surface area contributed by atoms with Crippen LogP contribution in [0.25, 0.3) is 0 Å². The molecule has 1 aromatic rings. The first kappa shape index (κ1) is 13.6. The predicted octanol–water partition coefficient (Wildman–Crippen LogP) is 1.94. The molecule has 0 fully saturated rings. The van der Waals surface area contributed by atoms with Crippen LogP contribution in [0.1, 0.15) is 12.0 Å². The third-order valence-electron chi connectivity index (χ3n) is 2.41. The van der Waals surface area contributed by atoms with Crippen LogP contribution in [0.4, 0.5) is 0 Å². The van der Waals surface area contributed by atoms with Crippen LogP contribution in [0.2, 0.25) is 0 Å². The van der Waals surface area contributed by atoms with E-state index < -0.39 is 0 Å². The number of benzene rings is 1. The largest absolute Gasteiger partial charge is 0.380 e. The molecule has 0 unspecified atom stereocenters. The fourth-order valence-electron chi connectivity index (χ4n) is 1.46. The number of nitrogens with one attached hydrogen (secondary N) is 1. The molecule has 0 aliphatic rings. The summed E-state index contributed by atoms with van der Waals surface area (Å²) >= 11 is 0. The summed E-state index contributed by atoms with van der Waals surface area (Å²) < 4.78 is 4.86. The van der Waals surface area contributed by atoms with E-state index in [1.165, 1.54) is 5.56 Å². The summed E-state index contributed by atoms with van der Waals surface area (Å²) in [5, 5.41) is 3.23. The van der Waals surface area contributed by atoms with Crippen molar-refractivity contribution in [3.8, 4) is 0 Å². The Kier molecular flexibility index (Phi) is 6.22. The Morgan fingerprint density at radius 3 is 2.71 bits per heavy atom. The second kappa shape index (κ2) is 7.76. The van der Waals surface area contributed by atoms with Gasteiger partial charge in [-0.2, -0.15) is 0 Å². The second-order valence-corrected chi connectivity index (χ2v) is 3.87. The minimum absolute atomic E-state index is 0.0624. The van der Waals surface area contributed by atoms with Crippen LogP contribution in [0.15, 0.2) is 42.5 Å². The number of hydrogen-bond acceptors (Lipinski definition) is 3. The zero-order valence-electron chi connectivity index (χ0n) is 10.2. The van der Waals surface area contributed by atoms with Crippen LogP contribution < -0.4 is 5.32 Å². The molecule has 0 heterocycles. The lowest BCUT2D eigenvalue weighted by Gasteiger charge is -2.05. The molecule has 3 heteroatoms. The zero-order valence-corrected chi connectivity index (χ0v) is 10.2. The lowest BCUT2D eigenvalue weighted by molar-refractivity contribution is -0.116. The van der Waals surface area contributed by atoms with Crippen molar-refractivity contribution >= 4 is 5.78 Å². The number of carbonyl (C=O) groups excluding carboxylic acids is 1. The van der Waals surface area contributed by atoms with Crippen molar-refractivity contribution in [2.75, 3.05) is 20.3 Å². The molecule has 0 aliphatic carbocycles. The quantitative estimate of drug-likeness (QED) is 0.551. The monoisotopic (exact) mass is 233 g/mol. The summed E-state index contributed by atoms with van der Waals surface area (Å²) in [6.07, 6.45) is 0.467. The molecule has 0 aliphatic heterocycles. The molecule has 0 aromatic heterocycles. The van der Waals surface area contributed by atoms with Crippen LogP contribution in [0.3, 0.4) is 0 Å². The van der Waals surface area contributed by atoms with Crippen LogP contribution in [0.5, 0.6) is 0 Å². The summed E-state index contributed by atoms with van der Waals surface area (Å²) in [7, 11) is 1.56. The van der Waals surface area contributed by atoms with Crippen LogP contribution in [-0.4, -0.2) is 26.0 Å². The summed E-state index contributed by atoms with van der Waals surface area (Å²) in [5.74, 6) is 0.0624. The maximum atomic E-state index is 11.5. The fraction of sp³-hybridized carbons (Fsp3) is 0.357. The van der Waals surface area contributed by atoms with Crippen molar-refractivity contribution in [2.24, 2.45) is 0 Å². The molecule has 17 heavy (non-hydrogen) atoms. The van der Waals surface area contributed by atoms with Crippen LogP contribution >= 0.6 is 0 Å². The number of rotatable bonds is 8. The minimum Gasteiger partial charge on any atom is -0.380 e. The first-order valence-electron chi connectivity index (χ1n) is 5.68. The molecular weight excluding hydrogens is 214 g/mol. The lowest BCUT2D eigenvalue weighted by atomic mass is 10.1. The predicted molar refractivity (Wildman–Crippen MR) is 68.8 cm³/mol. The van der Waals surface area contributed by atoms with Gasteiger partial charge in [-0.15, -0.1) is 0 Å². The van der Waals surface area contributed by atoms with Gasteiger partial charge in [0.15, 0.2) is 5.78 Å². The smallest absolute Gasteiger partial charge is 0.161 e. The Labute approximate surface area is 102 Å². The number of Topliss-reactive ketones (excluding diaryl/α,β-unsaturated/α-hetero) is 1. The summed E-state index contributed by atoms with van der Waals surface area (Å²) in [5.41, 5.74) is 1.75. The average molecular weight is 233 g/mol. The zero-order chi connectivity index (χ0) is 12.5. The normalized spacial score (nSPS) is 10.2. The van der Waals surface area contributed by atoms with E-state index in [-0.39, 0.29) is 5.78 Å². The Morgan fingerprint density at radius 2 is 2.06 bits per heavy atom. The van der Waals surface area contributed by atoms with Crippen molar-refractivity contribution in [3.63, 3.8) is 0 Å². The maximum absolute atomic E-state index is 11.5. The molecular formula is C14H19NO2. The number of ketones is 1. The van der Waals surface area contributed by atoms with Gasteiger partial charge in [-0.25, -0.2) is 0 Å². The summed E-state index contributed by atoms with van der Waals surface area (Å²) in [6, 6.07) is 10.1. The first-order chi connectivity index (χ1) is 8.24. The van der Waals surface area contributed by atoms with Gasteiger partial charge in [0, 0.05) is 32.2 Å². The minimum atomic E-state index is 0.0624.